The Morgan fingerprint density at radius 3 is 3.10 bits per heavy atom. The van der Waals surface area contributed by atoms with Gasteiger partial charge in [-0.1, -0.05) is 23.4 Å². The third-order valence-electron chi connectivity index (χ3n) is 3.75. The van der Waals surface area contributed by atoms with Crippen molar-refractivity contribution < 1.29 is 14.0 Å². The first-order chi connectivity index (χ1) is 10.3. The highest BCUT2D eigenvalue weighted by molar-refractivity contribution is 5.40. The van der Waals surface area contributed by atoms with Gasteiger partial charge >= 0.3 is 0 Å². The Kier molecular flexibility index (Phi) is 4.17. The largest absolute Gasteiger partial charge is 0.493 e. The van der Waals surface area contributed by atoms with Crippen LogP contribution in [0.15, 0.2) is 28.8 Å². The molecular formula is C15H19N3O3. The van der Waals surface area contributed by atoms with E-state index < -0.39 is 0 Å². The third-order valence-corrected chi connectivity index (χ3v) is 3.75. The van der Waals surface area contributed by atoms with E-state index in [4.69, 9.17) is 19.7 Å². The van der Waals surface area contributed by atoms with Gasteiger partial charge in [-0.3, -0.25) is 0 Å². The zero-order chi connectivity index (χ0) is 14.7. The Labute approximate surface area is 123 Å². The minimum absolute atomic E-state index is 0.0970. The molecule has 0 bridgehead atoms. The van der Waals surface area contributed by atoms with Crippen LogP contribution in [0.3, 0.4) is 0 Å². The molecule has 0 saturated heterocycles. The van der Waals surface area contributed by atoms with E-state index >= 15 is 0 Å². The van der Waals surface area contributed by atoms with Crippen LogP contribution in [0, 0.1) is 0 Å². The average Bonchev–Trinajstić information content (AvgIpc) is 3.00. The summed E-state index contributed by atoms with van der Waals surface area (Å²) in [5.74, 6) is 2.28. The highest BCUT2D eigenvalue weighted by Gasteiger charge is 2.27. The van der Waals surface area contributed by atoms with Crippen LogP contribution >= 0.6 is 0 Å². The maximum Gasteiger partial charge on any atom is 0.229 e. The summed E-state index contributed by atoms with van der Waals surface area (Å²) in [6, 6.07) is 7.98. The molecule has 2 N–H and O–H groups in total. The molecule has 6 heteroatoms. The van der Waals surface area contributed by atoms with Gasteiger partial charge in [0.05, 0.1) is 25.0 Å². The van der Waals surface area contributed by atoms with Crippen molar-refractivity contribution in [3.05, 3.63) is 41.5 Å². The number of nitrogens with two attached hydrogens (primary N) is 1. The Hall–Kier alpha value is -1.92. The molecule has 0 fully saturated rings. The van der Waals surface area contributed by atoms with E-state index in [0.717, 1.165) is 17.7 Å². The zero-order valence-corrected chi connectivity index (χ0v) is 12.0. The molecule has 1 aliphatic rings. The van der Waals surface area contributed by atoms with Crippen molar-refractivity contribution >= 4 is 0 Å². The number of nitrogens with zero attached hydrogens (tertiary/aromatic N) is 2. The molecule has 0 saturated carbocycles. The SMILES string of the molecule is COC(CN)Cc1nc(C2CCOc3ccccc32)no1. The molecule has 3 rings (SSSR count). The van der Waals surface area contributed by atoms with Crippen molar-refractivity contribution in [2.75, 3.05) is 20.3 Å². The first-order valence-electron chi connectivity index (χ1n) is 7.09. The lowest BCUT2D eigenvalue weighted by Crippen LogP contribution is -2.24. The molecule has 1 aliphatic heterocycles. The number of hydrogen-bond donors (Lipinski definition) is 1. The molecule has 21 heavy (non-hydrogen) atoms. The lowest BCUT2D eigenvalue weighted by atomic mass is 9.92. The molecule has 1 aromatic carbocycles. The summed E-state index contributed by atoms with van der Waals surface area (Å²) in [5.41, 5.74) is 6.72. The van der Waals surface area contributed by atoms with Crippen molar-refractivity contribution in [2.24, 2.45) is 5.73 Å². The molecule has 0 aliphatic carbocycles. The molecule has 2 aromatic rings. The highest BCUT2D eigenvalue weighted by atomic mass is 16.5. The van der Waals surface area contributed by atoms with Gasteiger partial charge in [-0.05, 0) is 12.5 Å². The molecular weight excluding hydrogens is 270 g/mol. The quantitative estimate of drug-likeness (QED) is 0.898. The van der Waals surface area contributed by atoms with E-state index in [9.17, 15) is 0 Å². The van der Waals surface area contributed by atoms with Crippen LogP contribution < -0.4 is 10.5 Å². The number of methoxy groups -OCH3 is 1. The van der Waals surface area contributed by atoms with Crippen molar-refractivity contribution in [1.82, 2.24) is 10.1 Å². The van der Waals surface area contributed by atoms with Gasteiger partial charge in [0.15, 0.2) is 5.82 Å². The fraction of sp³-hybridized carbons (Fsp3) is 0.467. The second-order valence-electron chi connectivity index (χ2n) is 5.07. The highest BCUT2D eigenvalue weighted by Crippen LogP contribution is 2.36. The lowest BCUT2D eigenvalue weighted by Gasteiger charge is -2.23. The number of benzene rings is 1. The number of para-hydroxylation sites is 1. The molecule has 2 atom stereocenters. The molecule has 6 nitrogen and oxygen atoms in total. The second kappa shape index (κ2) is 6.24. The molecule has 1 aromatic heterocycles. The fourth-order valence-corrected chi connectivity index (χ4v) is 2.56. The molecule has 0 spiro atoms. The van der Waals surface area contributed by atoms with Gasteiger partial charge in [-0.15, -0.1) is 0 Å². The second-order valence-corrected chi connectivity index (χ2v) is 5.07. The number of aromatic nitrogens is 2. The first-order valence-corrected chi connectivity index (χ1v) is 7.09. The van der Waals surface area contributed by atoms with E-state index in [1.54, 1.807) is 7.11 Å². The monoisotopic (exact) mass is 289 g/mol. The van der Waals surface area contributed by atoms with Crippen molar-refractivity contribution in [3.8, 4) is 5.75 Å². The lowest BCUT2D eigenvalue weighted by molar-refractivity contribution is 0.102. The summed E-state index contributed by atoms with van der Waals surface area (Å²) < 4.78 is 16.2. The van der Waals surface area contributed by atoms with Gasteiger partial charge in [0, 0.05) is 19.2 Å². The van der Waals surface area contributed by atoms with Crippen LogP contribution in [-0.2, 0) is 11.2 Å². The van der Waals surface area contributed by atoms with Crippen molar-refractivity contribution in [2.45, 2.75) is 24.9 Å². The van der Waals surface area contributed by atoms with Gasteiger partial charge in [0.25, 0.3) is 0 Å². The summed E-state index contributed by atoms with van der Waals surface area (Å²) in [6.45, 7) is 1.09. The average molecular weight is 289 g/mol. The third kappa shape index (κ3) is 2.91. The minimum Gasteiger partial charge on any atom is -0.493 e. The van der Waals surface area contributed by atoms with Crippen LogP contribution in [0.1, 0.15) is 29.6 Å². The maximum atomic E-state index is 5.66. The van der Waals surface area contributed by atoms with E-state index in [1.165, 1.54) is 0 Å². The van der Waals surface area contributed by atoms with E-state index in [2.05, 4.69) is 10.1 Å². The first kappa shape index (κ1) is 14.0. The van der Waals surface area contributed by atoms with Crippen molar-refractivity contribution in [1.29, 1.82) is 0 Å². The number of hydrogen-bond acceptors (Lipinski definition) is 6. The Morgan fingerprint density at radius 2 is 2.29 bits per heavy atom. The fourth-order valence-electron chi connectivity index (χ4n) is 2.56. The summed E-state index contributed by atoms with van der Waals surface area (Å²) >= 11 is 0. The topological polar surface area (TPSA) is 83.4 Å². The summed E-state index contributed by atoms with van der Waals surface area (Å²) in [4.78, 5) is 4.50. The predicted octanol–water partition coefficient (Wildman–Crippen LogP) is 1.50. The predicted molar refractivity (Wildman–Crippen MR) is 76.3 cm³/mol. The van der Waals surface area contributed by atoms with Crippen LogP contribution in [0.5, 0.6) is 5.75 Å². The normalized spacial score (nSPS) is 18.9. The van der Waals surface area contributed by atoms with Crippen LogP contribution in [0.25, 0.3) is 0 Å². The van der Waals surface area contributed by atoms with E-state index in [0.29, 0.717) is 31.3 Å². The van der Waals surface area contributed by atoms with Gasteiger partial charge < -0.3 is 19.7 Å². The Balaban J connectivity index is 1.81. The van der Waals surface area contributed by atoms with E-state index in [1.807, 2.05) is 24.3 Å². The van der Waals surface area contributed by atoms with Gasteiger partial charge in [-0.25, -0.2) is 0 Å². The molecule has 0 radical (unpaired) electrons. The number of fused-ring (bicyclic) bond motifs is 1. The number of ether oxygens (including phenoxy) is 2. The summed E-state index contributed by atoms with van der Waals surface area (Å²) in [7, 11) is 1.63. The molecule has 112 valence electrons. The summed E-state index contributed by atoms with van der Waals surface area (Å²) in [6.07, 6.45) is 1.28. The van der Waals surface area contributed by atoms with Crippen LogP contribution in [-0.4, -0.2) is 36.5 Å². The Bertz CT molecular complexity index is 595. The minimum atomic E-state index is -0.0970. The maximum absolute atomic E-state index is 5.66. The zero-order valence-electron chi connectivity index (χ0n) is 12.0. The molecule has 2 unspecified atom stereocenters. The molecule has 0 amide bonds. The van der Waals surface area contributed by atoms with Crippen LogP contribution in [0.2, 0.25) is 0 Å². The van der Waals surface area contributed by atoms with Crippen LogP contribution in [0.4, 0.5) is 0 Å². The van der Waals surface area contributed by atoms with Gasteiger partial charge in [-0.2, -0.15) is 4.98 Å². The standard InChI is InChI=1S/C15H19N3O3/c1-19-10(9-16)8-14-17-15(18-21-14)12-6-7-20-13-5-3-2-4-11(12)13/h2-5,10,12H,6-9,16H2,1H3. The van der Waals surface area contributed by atoms with Gasteiger partial charge in [0.1, 0.15) is 5.75 Å². The number of rotatable bonds is 5. The Morgan fingerprint density at radius 1 is 1.43 bits per heavy atom. The molecule has 2 heterocycles. The van der Waals surface area contributed by atoms with Gasteiger partial charge in [0.2, 0.25) is 5.89 Å². The smallest absolute Gasteiger partial charge is 0.229 e. The van der Waals surface area contributed by atoms with Crippen molar-refractivity contribution in [3.63, 3.8) is 0 Å². The van der Waals surface area contributed by atoms with E-state index in [-0.39, 0.29) is 12.0 Å². The summed E-state index contributed by atoms with van der Waals surface area (Å²) in [5, 5.41) is 4.12.